The summed E-state index contributed by atoms with van der Waals surface area (Å²) in [5, 5.41) is 2.92. The topological polar surface area (TPSA) is 29.1 Å². The third-order valence-electron chi connectivity index (χ3n) is 2.30. The molecule has 0 radical (unpaired) electrons. The Hall–Kier alpha value is -0.840. The first-order chi connectivity index (χ1) is 7.65. The minimum atomic E-state index is 0.00386. The number of hydrogen-bond acceptors (Lipinski definition) is 1. The Bertz CT molecular complexity index is 374. The molecule has 86 valence electrons. The predicted molar refractivity (Wildman–Crippen MR) is 75.7 cm³/mol. The quantitative estimate of drug-likeness (QED) is 0.502. The fourth-order valence-electron chi connectivity index (χ4n) is 1.41. The number of carbonyl (C=O) groups excluding carboxylic acids is 1. The van der Waals surface area contributed by atoms with Crippen LogP contribution in [0.5, 0.6) is 0 Å². The van der Waals surface area contributed by atoms with E-state index in [1.54, 1.807) is 0 Å². The van der Waals surface area contributed by atoms with Crippen molar-refractivity contribution in [3.8, 4) is 0 Å². The van der Waals surface area contributed by atoms with Crippen LogP contribution in [0, 0.1) is 0 Å². The van der Waals surface area contributed by atoms with Gasteiger partial charge in [-0.05, 0) is 24.5 Å². The third kappa shape index (κ3) is 3.96. The van der Waals surface area contributed by atoms with Gasteiger partial charge in [-0.1, -0.05) is 52.9 Å². The Morgan fingerprint density at radius 1 is 1.50 bits per heavy atom. The van der Waals surface area contributed by atoms with Crippen molar-refractivity contribution in [3.63, 3.8) is 0 Å². The van der Waals surface area contributed by atoms with Crippen LogP contribution in [-0.4, -0.2) is 9.83 Å². The zero-order chi connectivity index (χ0) is 12.0. The summed E-state index contributed by atoms with van der Waals surface area (Å²) in [6.45, 7) is 6.21. The molecular formula is C13H16INO. The molecule has 3 heteroatoms. The molecule has 1 aromatic carbocycles. The molecule has 0 spiro atoms. The average Bonchev–Trinajstić information content (AvgIpc) is 2.27. The van der Waals surface area contributed by atoms with E-state index in [2.05, 4.69) is 40.6 Å². The van der Waals surface area contributed by atoms with Gasteiger partial charge in [-0.25, -0.2) is 0 Å². The molecule has 0 saturated heterocycles. The Morgan fingerprint density at radius 2 is 2.12 bits per heavy atom. The van der Waals surface area contributed by atoms with Crippen LogP contribution in [0.4, 0.5) is 0 Å². The first-order valence-corrected chi connectivity index (χ1v) is 6.49. The fraction of sp³-hybridized carbons (Fsp3) is 0.308. The molecule has 1 amide bonds. The Balaban J connectivity index is 2.65. The number of nitrogens with one attached hydrogen (secondary N) is 1. The van der Waals surface area contributed by atoms with E-state index in [1.165, 1.54) is 5.56 Å². The highest BCUT2D eigenvalue weighted by Gasteiger charge is 2.08. The van der Waals surface area contributed by atoms with Crippen molar-refractivity contribution >= 4 is 28.5 Å². The molecular weight excluding hydrogens is 313 g/mol. The first kappa shape index (κ1) is 13.2. The second-order valence-corrected chi connectivity index (χ2v) is 5.46. The molecule has 0 aliphatic heterocycles. The predicted octanol–water partition coefficient (Wildman–Crippen LogP) is 2.85. The van der Waals surface area contributed by atoms with E-state index < -0.39 is 0 Å². The molecule has 0 aromatic heterocycles. The molecule has 0 saturated carbocycles. The molecule has 0 fully saturated rings. The standard InChI is InChI=1S/C13H16INO/c1-3-6-11-7-4-5-8-12(11)9-15-13(16)10(2)14/h3-5,7-8,10H,1,6,9H2,2H3,(H,15,16). The van der Waals surface area contributed by atoms with Crippen LogP contribution in [-0.2, 0) is 17.8 Å². The number of alkyl halides is 1. The molecule has 1 atom stereocenters. The van der Waals surface area contributed by atoms with Crippen molar-refractivity contribution in [3.05, 3.63) is 48.0 Å². The molecule has 0 aliphatic rings. The SMILES string of the molecule is C=CCc1ccccc1CNC(=O)C(C)I. The monoisotopic (exact) mass is 329 g/mol. The maximum Gasteiger partial charge on any atom is 0.232 e. The van der Waals surface area contributed by atoms with Gasteiger partial charge in [0.15, 0.2) is 0 Å². The maximum atomic E-state index is 11.4. The average molecular weight is 329 g/mol. The van der Waals surface area contributed by atoms with Crippen LogP contribution in [0.3, 0.4) is 0 Å². The van der Waals surface area contributed by atoms with Crippen LogP contribution in [0.1, 0.15) is 18.1 Å². The summed E-state index contributed by atoms with van der Waals surface area (Å²) in [6, 6.07) is 8.10. The van der Waals surface area contributed by atoms with E-state index in [0.717, 1.165) is 12.0 Å². The van der Waals surface area contributed by atoms with E-state index >= 15 is 0 Å². The minimum Gasteiger partial charge on any atom is -0.351 e. The van der Waals surface area contributed by atoms with Gasteiger partial charge < -0.3 is 5.32 Å². The minimum absolute atomic E-state index is 0.00386. The van der Waals surface area contributed by atoms with Crippen LogP contribution >= 0.6 is 22.6 Å². The second-order valence-electron chi connectivity index (χ2n) is 3.60. The summed E-state index contributed by atoms with van der Waals surface area (Å²) in [5.41, 5.74) is 2.38. The van der Waals surface area contributed by atoms with E-state index in [9.17, 15) is 4.79 Å². The van der Waals surface area contributed by atoms with Crippen LogP contribution < -0.4 is 5.32 Å². The lowest BCUT2D eigenvalue weighted by Crippen LogP contribution is -2.29. The molecule has 1 aromatic rings. The van der Waals surface area contributed by atoms with Crippen LogP contribution in [0.15, 0.2) is 36.9 Å². The first-order valence-electron chi connectivity index (χ1n) is 5.24. The zero-order valence-electron chi connectivity index (χ0n) is 9.37. The zero-order valence-corrected chi connectivity index (χ0v) is 11.5. The van der Waals surface area contributed by atoms with Gasteiger partial charge >= 0.3 is 0 Å². The molecule has 2 nitrogen and oxygen atoms in total. The van der Waals surface area contributed by atoms with Crippen molar-refractivity contribution < 1.29 is 4.79 Å². The molecule has 0 aliphatic carbocycles. The van der Waals surface area contributed by atoms with Gasteiger partial charge in [0, 0.05) is 6.54 Å². The van der Waals surface area contributed by atoms with E-state index in [1.807, 2.05) is 31.2 Å². The summed E-state index contributed by atoms with van der Waals surface area (Å²) in [5.74, 6) is 0.0778. The Morgan fingerprint density at radius 3 is 2.69 bits per heavy atom. The van der Waals surface area contributed by atoms with Gasteiger partial charge in [0.25, 0.3) is 0 Å². The molecule has 0 heterocycles. The Kier molecular flexibility index (Phi) is 5.52. The normalized spacial score (nSPS) is 11.9. The van der Waals surface area contributed by atoms with Gasteiger partial charge in [0.05, 0.1) is 3.92 Å². The summed E-state index contributed by atoms with van der Waals surface area (Å²) in [4.78, 5) is 11.4. The van der Waals surface area contributed by atoms with Crippen molar-refractivity contribution in [2.75, 3.05) is 0 Å². The smallest absolute Gasteiger partial charge is 0.232 e. The molecule has 1 rings (SSSR count). The lowest BCUT2D eigenvalue weighted by Gasteiger charge is -2.10. The third-order valence-corrected chi connectivity index (χ3v) is 2.86. The molecule has 16 heavy (non-hydrogen) atoms. The van der Waals surface area contributed by atoms with Gasteiger partial charge in [-0.2, -0.15) is 0 Å². The number of allylic oxidation sites excluding steroid dienone is 1. The van der Waals surface area contributed by atoms with Gasteiger partial charge in [-0.3, -0.25) is 4.79 Å². The van der Waals surface area contributed by atoms with Crippen molar-refractivity contribution in [1.82, 2.24) is 5.32 Å². The molecule has 1 unspecified atom stereocenters. The number of rotatable bonds is 5. The van der Waals surface area contributed by atoms with Crippen LogP contribution in [0.25, 0.3) is 0 Å². The number of halogens is 1. The summed E-state index contributed by atoms with van der Waals surface area (Å²) >= 11 is 2.11. The highest BCUT2D eigenvalue weighted by atomic mass is 127. The van der Waals surface area contributed by atoms with Crippen molar-refractivity contribution in [1.29, 1.82) is 0 Å². The number of amides is 1. The molecule has 0 bridgehead atoms. The van der Waals surface area contributed by atoms with Crippen LogP contribution in [0.2, 0.25) is 0 Å². The molecule has 1 N–H and O–H groups in total. The number of carbonyl (C=O) groups is 1. The highest BCUT2D eigenvalue weighted by Crippen LogP contribution is 2.10. The Labute approximate surface area is 110 Å². The van der Waals surface area contributed by atoms with E-state index in [-0.39, 0.29) is 9.83 Å². The summed E-state index contributed by atoms with van der Waals surface area (Å²) < 4.78 is 0.00386. The van der Waals surface area contributed by atoms with Crippen molar-refractivity contribution in [2.24, 2.45) is 0 Å². The summed E-state index contributed by atoms with van der Waals surface area (Å²) in [7, 11) is 0. The number of benzene rings is 1. The highest BCUT2D eigenvalue weighted by molar-refractivity contribution is 14.1. The lowest BCUT2D eigenvalue weighted by atomic mass is 10.0. The van der Waals surface area contributed by atoms with Crippen molar-refractivity contribution in [2.45, 2.75) is 23.8 Å². The van der Waals surface area contributed by atoms with E-state index in [4.69, 9.17) is 0 Å². The van der Waals surface area contributed by atoms with Gasteiger partial charge in [0.1, 0.15) is 0 Å². The maximum absolute atomic E-state index is 11.4. The van der Waals surface area contributed by atoms with E-state index in [0.29, 0.717) is 6.54 Å². The summed E-state index contributed by atoms with van der Waals surface area (Å²) in [6.07, 6.45) is 2.72. The number of hydrogen-bond donors (Lipinski definition) is 1. The van der Waals surface area contributed by atoms with Gasteiger partial charge in [-0.15, -0.1) is 6.58 Å². The van der Waals surface area contributed by atoms with Gasteiger partial charge in [0.2, 0.25) is 5.91 Å². The fourth-order valence-corrected chi connectivity index (χ4v) is 1.63. The second kappa shape index (κ2) is 6.68. The largest absolute Gasteiger partial charge is 0.351 e. The lowest BCUT2D eigenvalue weighted by molar-refractivity contribution is -0.120.